The van der Waals surface area contributed by atoms with Gasteiger partial charge in [0.25, 0.3) is 5.91 Å². The van der Waals surface area contributed by atoms with E-state index in [-0.39, 0.29) is 24.5 Å². The molecule has 1 N–H and O–H groups in total. The molecule has 1 fully saturated rings. The number of aliphatic hydroxyl groups is 1. The Labute approximate surface area is 170 Å². The van der Waals surface area contributed by atoms with E-state index >= 15 is 0 Å². The van der Waals surface area contributed by atoms with Gasteiger partial charge < -0.3 is 9.84 Å². The maximum absolute atomic E-state index is 13.8. The van der Waals surface area contributed by atoms with Crippen LogP contribution in [-0.2, 0) is 16.0 Å². The third-order valence-corrected chi connectivity index (χ3v) is 7.48. The third-order valence-electron chi connectivity index (χ3n) is 7.48. The van der Waals surface area contributed by atoms with Crippen LogP contribution >= 0.6 is 0 Å². The lowest BCUT2D eigenvalue weighted by atomic mass is 9.63. The Morgan fingerprint density at radius 1 is 1.28 bits per heavy atom. The number of rotatable bonds is 3. The average molecular weight is 396 g/mol. The van der Waals surface area contributed by atoms with Crippen molar-refractivity contribution in [3.63, 3.8) is 0 Å². The minimum Gasteiger partial charge on any atom is -0.463 e. The highest BCUT2D eigenvalue weighted by atomic mass is 16.5. The van der Waals surface area contributed by atoms with Gasteiger partial charge in [-0.2, -0.15) is 0 Å². The molecular weight excluding hydrogens is 368 g/mol. The maximum Gasteiger partial charge on any atom is 0.348 e. The number of fused-ring (bicyclic) bond motifs is 3. The summed E-state index contributed by atoms with van der Waals surface area (Å²) in [6, 6.07) is 7.90. The van der Waals surface area contributed by atoms with E-state index in [0.29, 0.717) is 0 Å². The van der Waals surface area contributed by atoms with Gasteiger partial charge in [0, 0.05) is 24.0 Å². The lowest BCUT2D eigenvalue weighted by molar-refractivity contribution is -0.165. The Kier molecular flexibility index (Phi) is 4.16. The third kappa shape index (κ3) is 2.36. The van der Waals surface area contributed by atoms with Crippen LogP contribution in [0.1, 0.15) is 61.6 Å². The average Bonchev–Trinajstić information content (AvgIpc) is 3.03. The van der Waals surface area contributed by atoms with Crippen LogP contribution in [0.2, 0.25) is 0 Å². The quantitative estimate of drug-likeness (QED) is 0.638. The molecule has 0 unspecified atom stereocenters. The summed E-state index contributed by atoms with van der Waals surface area (Å²) in [6.07, 6.45) is 3.69. The van der Waals surface area contributed by atoms with Crippen molar-refractivity contribution in [1.82, 2.24) is 9.47 Å². The lowest BCUT2D eigenvalue weighted by Crippen LogP contribution is -2.54. The number of benzene rings is 1. The van der Waals surface area contributed by atoms with E-state index in [1.807, 2.05) is 18.2 Å². The van der Waals surface area contributed by atoms with Gasteiger partial charge in [-0.1, -0.05) is 25.1 Å². The fraction of sp³-hybridized carbons (Fsp3) is 0.565. The van der Waals surface area contributed by atoms with Crippen LogP contribution in [0.15, 0.2) is 24.3 Å². The first kappa shape index (κ1) is 18.8. The van der Waals surface area contributed by atoms with Crippen molar-refractivity contribution in [2.45, 2.75) is 57.6 Å². The highest BCUT2D eigenvalue weighted by Crippen LogP contribution is 2.57. The molecule has 154 valence electrons. The van der Waals surface area contributed by atoms with Gasteiger partial charge >= 0.3 is 5.97 Å². The molecule has 3 atom stereocenters. The molecule has 0 aliphatic carbocycles. The smallest absolute Gasteiger partial charge is 0.348 e. The Balaban J connectivity index is 1.85. The number of nitrogens with zero attached hydrogens (tertiary/aromatic N) is 2. The van der Waals surface area contributed by atoms with Gasteiger partial charge in [-0.05, 0) is 56.2 Å². The number of carbonyl (C=O) groups is 2. The molecule has 3 aliphatic rings. The summed E-state index contributed by atoms with van der Waals surface area (Å²) in [5.74, 6) is -1.38. The zero-order valence-electron chi connectivity index (χ0n) is 17.1. The van der Waals surface area contributed by atoms with Crippen LogP contribution in [-0.4, -0.2) is 51.7 Å². The molecule has 0 radical (unpaired) electrons. The van der Waals surface area contributed by atoms with E-state index in [2.05, 4.69) is 17.9 Å². The van der Waals surface area contributed by atoms with Crippen LogP contribution in [0, 0.1) is 5.41 Å². The van der Waals surface area contributed by atoms with E-state index in [0.717, 1.165) is 55.4 Å². The number of piperidine rings is 1. The minimum atomic E-state index is -2.16. The number of esters is 1. The van der Waals surface area contributed by atoms with Crippen molar-refractivity contribution in [3.8, 4) is 0 Å². The Morgan fingerprint density at radius 3 is 2.83 bits per heavy atom. The Bertz CT molecular complexity index is 1010. The predicted molar refractivity (Wildman–Crippen MR) is 109 cm³/mol. The van der Waals surface area contributed by atoms with Gasteiger partial charge in [0.15, 0.2) is 0 Å². The SMILES string of the molecule is CCOC(=O)[C@@]1(O)C[C@]2(CC)CCCN3CCc4c(n(c5ccccc45)C1=O)[C@H]32. The second kappa shape index (κ2) is 6.41. The molecule has 0 saturated carbocycles. The predicted octanol–water partition coefficient (Wildman–Crippen LogP) is 3.07. The first-order valence-electron chi connectivity index (χ1n) is 10.8. The topological polar surface area (TPSA) is 71.8 Å². The van der Waals surface area contributed by atoms with Gasteiger partial charge in [-0.3, -0.25) is 14.3 Å². The fourth-order valence-electron chi connectivity index (χ4n) is 6.20. The highest BCUT2D eigenvalue weighted by Gasteiger charge is 2.60. The molecule has 0 spiro atoms. The standard InChI is InChI=1S/C23H28N2O4/c1-3-22-11-7-12-24-13-10-16-15-8-5-6-9-17(15)25(18(16)19(22)24)20(26)23(28,14-22)21(27)29-4-2/h5-6,8-9,19,28H,3-4,7,10-14H2,1-2H3/t19-,22-,23+/m0/s1. The van der Waals surface area contributed by atoms with Crippen molar-refractivity contribution in [1.29, 1.82) is 0 Å². The van der Waals surface area contributed by atoms with Gasteiger partial charge in [0.05, 0.1) is 18.2 Å². The first-order chi connectivity index (χ1) is 14.0. The molecule has 6 heteroatoms. The van der Waals surface area contributed by atoms with Gasteiger partial charge in [0.2, 0.25) is 5.60 Å². The molecule has 0 bridgehead atoms. The molecule has 3 aliphatic heterocycles. The van der Waals surface area contributed by atoms with E-state index in [1.54, 1.807) is 11.5 Å². The summed E-state index contributed by atoms with van der Waals surface area (Å²) >= 11 is 0. The molecule has 2 aromatic rings. The second-order valence-corrected chi connectivity index (χ2v) is 8.79. The highest BCUT2D eigenvalue weighted by molar-refractivity contribution is 6.11. The van der Waals surface area contributed by atoms with Crippen molar-refractivity contribution in [2.24, 2.45) is 5.41 Å². The number of aromatic nitrogens is 1. The number of para-hydroxylation sites is 1. The number of hydrogen-bond donors (Lipinski definition) is 1. The van der Waals surface area contributed by atoms with Crippen LogP contribution in [0.25, 0.3) is 10.9 Å². The summed E-state index contributed by atoms with van der Waals surface area (Å²) in [6.45, 7) is 5.88. The number of hydrogen-bond acceptors (Lipinski definition) is 5. The Hall–Kier alpha value is -2.18. The summed E-state index contributed by atoms with van der Waals surface area (Å²) in [5.41, 5.74) is 0.464. The molecular formula is C23H28N2O4. The monoisotopic (exact) mass is 396 g/mol. The maximum atomic E-state index is 13.8. The largest absolute Gasteiger partial charge is 0.463 e. The van der Waals surface area contributed by atoms with Crippen molar-refractivity contribution >= 4 is 22.8 Å². The van der Waals surface area contributed by atoms with Crippen molar-refractivity contribution < 1.29 is 19.4 Å². The molecule has 6 nitrogen and oxygen atoms in total. The molecule has 0 amide bonds. The van der Waals surface area contributed by atoms with Crippen LogP contribution < -0.4 is 0 Å². The van der Waals surface area contributed by atoms with E-state index < -0.39 is 17.5 Å². The normalized spacial score (nSPS) is 31.4. The van der Waals surface area contributed by atoms with E-state index in [9.17, 15) is 14.7 Å². The summed E-state index contributed by atoms with van der Waals surface area (Å²) in [4.78, 5) is 29.2. The van der Waals surface area contributed by atoms with Crippen LogP contribution in [0.4, 0.5) is 0 Å². The van der Waals surface area contributed by atoms with E-state index in [4.69, 9.17) is 4.74 Å². The summed E-state index contributed by atoms with van der Waals surface area (Å²) < 4.78 is 6.87. The fourth-order valence-corrected chi connectivity index (χ4v) is 6.20. The summed E-state index contributed by atoms with van der Waals surface area (Å²) in [7, 11) is 0. The second-order valence-electron chi connectivity index (χ2n) is 8.79. The van der Waals surface area contributed by atoms with Crippen molar-refractivity contribution in [2.75, 3.05) is 19.7 Å². The molecule has 1 saturated heterocycles. The van der Waals surface area contributed by atoms with E-state index in [1.165, 1.54) is 5.56 Å². The number of carbonyl (C=O) groups excluding carboxylic acids is 2. The molecule has 4 heterocycles. The van der Waals surface area contributed by atoms with Gasteiger partial charge in [0.1, 0.15) is 0 Å². The zero-order chi connectivity index (χ0) is 20.4. The lowest BCUT2D eigenvalue weighted by Gasteiger charge is -2.52. The zero-order valence-corrected chi connectivity index (χ0v) is 17.1. The minimum absolute atomic E-state index is 0.0322. The first-order valence-corrected chi connectivity index (χ1v) is 10.8. The van der Waals surface area contributed by atoms with Gasteiger partial charge in [-0.15, -0.1) is 0 Å². The van der Waals surface area contributed by atoms with Crippen LogP contribution in [0.3, 0.4) is 0 Å². The molecule has 1 aromatic heterocycles. The number of ether oxygens (including phenoxy) is 1. The van der Waals surface area contributed by atoms with Crippen molar-refractivity contribution in [3.05, 3.63) is 35.5 Å². The summed E-state index contributed by atoms with van der Waals surface area (Å²) in [5, 5.41) is 12.7. The molecule has 1 aromatic carbocycles. The molecule has 29 heavy (non-hydrogen) atoms. The van der Waals surface area contributed by atoms with Crippen LogP contribution in [0.5, 0.6) is 0 Å². The van der Waals surface area contributed by atoms with Gasteiger partial charge in [-0.25, -0.2) is 4.79 Å². The Morgan fingerprint density at radius 2 is 2.07 bits per heavy atom. The molecule has 5 rings (SSSR count).